The fraction of sp³-hybridized carbons (Fsp3) is 0.353. The lowest BCUT2D eigenvalue weighted by Crippen LogP contribution is -2.28. The van der Waals surface area contributed by atoms with Crippen LogP contribution < -0.4 is 5.32 Å². The first kappa shape index (κ1) is 17.9. The van der Waals surface area contributed by atoms with Crippen LogP contribution in [-0.4, -0.2) is 21.6 Å². The lowest BCUT2D eigenvalue weighted by atomic mass is 10.1. The summed E-state index contributed by atoms with van der Waals surface area (Å²) < 4.78 is 0.994. The van der Waals surface area contributed by atoms with Crippen molar-refractivity contribution in [3.8, 4) is 0 Å². The van der Waals surface area contributed by atoms with Crippen molar-refractivity contribution in [3.63, 3.8) is 0 Å². The second-order valence-corrected chi connectivity index (χ2v) is 7.20. The molecule has 0 spiro atoms. The SMILES string of the molecule is Cc1nc(SCC(=O)N[C@H](C)c2ccccc2Br)nc(C)c1C. The van der Waals surface area contributed by atoms with Crippen LogP contribution >= 0.6 is 27.7 Å². The van der Waals surface area contributed by atoms with Crippen molar-refractivity contribution in [2.24, 2.45) is 0 Å². The average Bonchev–Trinajstić information content (AvgIpc) is 2.50. The molecule has 0 saturated heterocycles. The first-order valence-electron chi connectivity index (χ1n) is 7.37. The highest BCUT2D eigenvalue weighted by molar-refractivity contribution is 9.10. The van der Waals surface area contributed by atoms with Gasteiger partial charge in [0, 0.05) is 15.9 Å². The highest BCUT2D eigenvalue weighted by Crippen LogP contribution is 2.23. The number of carbonyl (C=O) groups excluding carboxylic acids is 1. The summed E-state index contributed by atoms with van der Waals surface area (Å²) in [5.41, 5.74) is 4.08. The molecule has 2 aromatic rings. The maximum atomic E-state index is 12.1. The Bertz CT molecular complexity index is 698. The molecule has 2 rings (SSSR count). The Hall–Kier alpha value is -1.40. The molecule has 0 radical (unpaired) electrons. The van der Waals surface area contributed by atoms with Gasteiger partial charge in [0.1, 0.15) is 0 Å². The van der Waals surface area contributed by atoms with Crippen LogP contribution in [0.15, 0.2) is 33.9 Å². The number of carbonyl (C=O) groups is 1. The molecule has 0 saturated carbocycles. The smallest absolute Gasteiger partial charge is 0.230 e. The van der Waals surface area contributed by atoms with E-state index in [4.69, 9.17) is 0 Å². The molecule has 122 valence electrons. The molecular weight excluding hydrogens is 374 g/mol. The predicted molar refractivity (Wildman–Crippen MR) is 97.7 cm³/mol. The van der Waals surface area contributed by atoms with Crippen LogP contribution in [0.3, 0.4) is 0 Å². The van der Waals surface area contributed by atoms with E-state index in [-0.39, 0.29) is 11.9 Å². The average molecular weight is 394 g/mol. The van der Waals surface area contributed by atoms with Gasteiger partial charge in [0.15, 0.2) is 5.16 Å². The quantitative estimate of drug-likeness (QED) is 0.612. The molecule has 1 amide bonds. The first-order valence-corrected chi connectivity index (χ1v) is 9.14. The fourth-order valence-corrected chi connectivity index (χ4v) is 3.50. The molecule has 0 unspecified atom stereocenters. The molecule has 0 bridgehead atoms. The Kier molecular flexibility index (Phi) is 6.18. The van der Waals surface area contributed by atoms with Crippen LogP contribution in [0.1, 0.15) is 35.5 Å². The number of hydrogen-bond acceptors (Lipinski definition) is 4. The number of benzene rings is 1. The maximum absolute atomic E-state index is 12.1. The number of nitrogens with zero attached hydrogens (tertiary/aromatic N) is 2. The second-order valence-electron chi connectivity index (χ2n) is 5.40. The van der Waals surface area contributed by atoms with Gasteiger partial charge in [-0.05, 0) is 44.9 Å². The molecule has 1 aromatic carbocycles. The van der Waals surface area contributed by atoms with Crippen molar-refractivity contribution in [1.29, 1.82) is 0 Å². The fourth-order valence-electron chi connectivity index (χ4n) is 2.12. The Morgan fingerprint density at radius 1 is 1.22 bits per heavy atom. The second kappa shape index (κ2) is 7.93. The molecule has 0 aliphatic heterocycles. The van der Waals surface area contributed by atoms with Gasteiger partial charge in [-0.3, -0.25) is 4.79 Å². The lowest BCUT2D eigenvalue weighted by molar-refractivity contribution is -0.119. The Morgan fingerprint density at radius 2 is 1.83 bits per heavy atom. The normalized spacial score (nSPS) is 12.0. The number of nitrogens with one attached hydrogen (secondary N) is 1. The van der Waals surface area contributed by atoms with Crippen LogP contribution in [-0.2, 0) is 4.79 Å². The van der Waals surface area contributed by atoms with Gasteiger partial charge in [-0.1, -0.05) is 45.9 Å². The van der Waals surface area contributed by atoms with Crippen molar-refractivity contribution in [2.75, 3.05) is 5.75 Å². The summed E-state index contributed by atoms with van der Waals surface area (Å²) in [5, 5.41) is 3.65. The predicted octanol–water partition coefficient (Wildman–Crippen LogP) is 4.13. The van der Waals surface area contributed by atoms with Gasteiger partial charge in [0.2, 0.25) is 5.91 Å². The maximum Gasteiger partial charge on any atom is 0.230 e. The van der Waals surface area contributed by atoms with Crippen molar-refractivity contribution in [3.05, 3.63) is 51.3 Å². The molecule has 0 aliphatic rings. The van der Waals surface area contributed by atoms with Crippen molar-refractivity contribution < 1.29 is 4.79 Å². The summed E-state index contributed by atoms with van der Waals surface area (Å²) in [6.45, 7) is 7.90. The Morgan fingerprint density at radius 3 is 2.43 bits per heavy atom. The molecule has 4 nitrogen and oxygen atoms in total. The van der Waals surface area contributed by atoms with Gasteiger partial charge < -0.3 is 5.32 Å². The van der Waals surface area contributed by atoms with E-state index in [1.165, 1.54) is 11.8 Å². The highest BCUT2D eigenvalue weighted by atomic mass is 79.9. The number of aryl methyl sites for hydroxylation is 2. The lowest BCUT2D eigenvalue weighted by Gasteiger charge is -2.15. The van der Waals surface area contributed by atoms with Gasteiger partial charge in [-0.25, -0.2) is 9.97 Å². The number of rotatable bonds is 5. The molecule has 0 aliphatic carbocycles. The van der Waals surface area contributed by atoms with E-state index < -0.39 is 0 Å². The standard InChI is InChI=1S/C17H20BrN3OS/c1-10-11(2)20-17(21-12(10)3)23-9-16(22)19-13(4)14-7-5-6-8-15(14)18/h5-8,13H,9H2,1-4H3,(H,19,22)/t13-/m1/s1. The molecule has 23 heavy (non-hydrogen) atoms. The minimum Gasteiger partial charge on any atom is -0.349 e. The van der Waals surface area contributed by atoms with Crippen molar-refractivity contribution >= 4 is 33.6 Å². The molecule has 6 heteroatoms. The zero-order valence-electron chi connectivity index (χ0n) is 13.7. The monoisotopic (exact) mass is 393 g/mol. The third-order valence-electron chi connectivity index (χ3n) is 3.69. The molecule has 1 heterocycles. The molecule has 1 atom stereocenters. The van der Waals surface area contributed by atoms with Gasteiger partial charge in [0.25, 0.3) is 0 Å². The van der Waals surface area contributed by atoms with E-state index in [1.807, 2.05) is 52.0 Å². The summed E-state index contributed by atoms with van der Waals surface area (Å²) in [6, 6.07) is 7.83. The van der Waals surface area contributed by atoms with Gasteiger partial charge in [-0.15, -0.1) is 0 Å². The number of halogens is 1. The summed E-state index contributed by atoms with van der Waals surface area (Å²) in [4.78, 5) is 21.0. The summed E-state index contributed by atoms with van der Waals surface area (Å²) in [7, 11) is 0. The van der Waals surface area contributed by atoms with Gasteiger partial charge >= 0.3 is 0 Å². The summed E-state index contributed by atoms with van der Waals surface area (Å²) in [5.74, 6) is 0.272. The minimum atomic E-state index is -0.0546. The van der Waals surface area contributed by atoms with Crippen LogP contribution in [0.25, 0.3) is 0 Å². The van der Waals surface area contributed by atoms with E-state index in [0.29, 0.717) is 10.9 Å². The van der Waals surface area contributed by atoms with Gasteiger partial charge in [-0.2, -0.15) is 0 Å². The van der Waals surface area contributed by atoms with Crippen molar-refractivity contribution in [1.82, 2.24) is 15.3 Å². The van der Waals surface area contributed by atoms with Crippen molar-refractivity contribution in [2.45, 2.75) is 38.9 Å². The van der Waals surface area contributed by atoms with E-state index in [0.717, 1.165) is 27.0 Å². The van der Waals surface area contributed by atoms with E-state index in [2.05, 4.69) is 31.2 Å². The largest absolute Gasteiger partial charge is 0.349 e. The number of amides is 1. The van der Waals surface area contributed by atoms with Gasteiger partial charge in [0.05, 0.1) is 11.8 Å². The Balaban J connectivity index is 1.94. The third kappa shape index (κ3) is 4.78. The summed E-state index contributed by atoms with van der Waals surface area (Å²) >= 11 is 4.87. The third-order valence-corrected chi connectivity index (χ3v) is 5.26. The van der Waals surface area contributed by atoms with E-state index in [9.17, 15) is 4.79 Å². The topological polar surface area (TPSA) is 54.9 Å². The molecule has 1 N–H and O–H groups in total. The Labute approximate surface area is 149 Å². The van der Waals surface area contributed by atoms with E-state index in [1.54, 1.807) is 0 Å². The van der Waals surface area contributed by atoms with E-state index >= 15 is 0 Å². The number of aromatic nitrogens is 2. The van der Waals surface area contributed by atoms with Crippen LogP contribution in [0, 0.1) is 20.8 Å². The number of hydrogen-bond donors (Lipinski definition) is 1. The molecular formula is C17H20BrN3OS. The summed E-state index contributed by atoms with van der Waals surface area (Å²) in [6.07, 6.45) is 0. The van der Waals surface area contributed by atoms with Crippen LogP contribution in [0.4, 0.5) is 0 Å². The highest BCUT2D eigenvalue weighted by Gasteiger charge is 2.13. The first-order chi connectivity index (χ1) is 10.9. The molecule has 0 fully saturated rings. The minimum absolute atomic E-state index is 0.0299. The zero-order chi connectivity index (χ0) is 17.0. The zero-order valence-corrected chi connectivity index (χ0v) is 16.1. The van der Waals surface area contributed by atoms with Crippen LogP contribution in [0.2, 0.25) is 0 Å². The number of thioether (sulfide) groups is 1. The van der Waals surface area contributed by atoms with Crippen LogP contribution in [0.5, 0.6) is 0 Å². The molecule has 1 aromatic heterocycles.